The first-order valence-corrected chi connectivity index (χ1v) is 8.98. The molecular formula is C20H21N3O3. The Morgan fingerprint density at radius 2 is 2.15 bits per heavy atom. The number of pyridine rings is 1. The Morgan fingerprint density at radius 3 is 3.00 bits per heavy atom. The number of hydrogen-bond donors (Lipinski definition) is 1. The molecule has 0 unspecified atom stereocenters. The number of fused-ring (bicyclic) bond motifs is 1. The summed E-state index contributed by atoms with van der Waals surface area (Å²) in [5.74, 6) is 1.43. The molecule has 0 bridgehead atoms. The molecule has 6 nitrogen and oxygen atoms in total. The number of nitrogens with zero attached hydrogens (tertiary/aromatic N) is 2. The molecule has 134 valence electrons. The molecular weight excluding hydrogens is 330 g/mol. The molecule has 2 aliphatic heterocycles. The molecule has 0 radical (unpaired) electrons. The fraction of sp³-hybridized carbons (Fsp3) is 0.350. The lowest BCUT2D eigenvalue weighted by atomic mass is 10.0. The van der Waals surface area contributed by atoms with Gasteiger partial charge in [0.25, 0.3) is 5.91 Å². The van der Waals surface area contributed by atoms with Crippen molar-refractivity contribution in [3.8, 4) is 5.75 Å². The van der Waals surface area contributed by atoms with Gasteiger partial charge in [0.15, 0.2) is 6.10 Å². The van der Waals surface area contributed by atoms with Crippen molar-refractivity contribution in [1.29, 1.82) is 0 Å². The maximum absolute atomic E-state index is 12.5. The van der Waals surface area contributed by atoms with Crippen molar-refractivity contribution in [3.63, 3.8) is 0 Å². The molecule has 26 heavy (non-hydrogen) atoms. The van der Waals surface area contributed by atoms with E-state index < -0.39 is 6.10 Å². The number of carbonyl (C=O) groups is 2. The zero-order valence-electron chi connectivity index (χ0n) is 14.5. The van der Waals surface area contributed by atoms with Crippen LogP contribution in [0.4, 0.5) is 5.82 Å². The highest BCUT2D eigenvalue weighted by Crippen LogP contribution is 2.27. The molecule has 1 saturated heterocycles. The lowest BCUT2D eigenvalue weighted by molar-refractivity contribution is -0.128. The minimum atomic E-state index is -0.466. The molecule has 0 aliphatic carbocycles. The number of aromatic nitrogens is 1. The fourth-order valence-corrected chi connectivity index (χ4v) is 3.42. The van der Waals surface area contributed by atoms with Gasteiger partial charge in [-0.1, -0.05) is 18.2 Å². The molecule has 1 atom stereocenters. The van der Waals surface area contributed by atoms with E-state index in [1.165, 1.54) is 0 Å². The van der Waals surface area contributed by atoms with E-state index in [9.17, 15) is 9.59 Å². The number of anilines is 1. The third-order valence-corrected chi connectivity index (χ3v) is 4.84. The van der Waals surface area contributed by atoms with Gasteiger partial charge in [0.05, 0.1) is 0 Å². The van der Waals surface area contributed by atoms with Gasteiger partial charge in [0.1, 0.15) is 11.6 Å². The molecule has 1 N–H and O–H groups in total. The van der Waals surface area contributed by atoms with Gasteiger partial charge in [-0.3, -0.25) is 14.5 Å². The molecule has 1 aromatic heterocycles. The number of benzene rings is 1. The van der Waals surface area contributed by atoms with Crippen LogP contribution in [0.1, 0.15) is 30.4 Å². The van der Waals surface area contributed by atoms with E-state index in [2.05, 4.69) is 10.3 Å². The van der Waals surface area contributed by atoms with E-state index in [1.54, 1.807) is 11.1 Å². The summed E-state index contributed by atoms with van der Waals surface area (Å²) in [4.78, 5) is 30.3. The monoisotopic (exact) mass is 351 g/mol. The number of carbonyl (C=O) groups excluding carboxylic acids is 2. The Balaban J connectivity index is 1.37. The molecule has 4 rings (SSSR count). The summed E-state index contributed by atoms with van der Waals surface area (Å²) in [6, 6.07) is 11.5. The third kappa shape index (κ3) is 3.40. The number of para-hydroxylation sites is 1. The highest BCUT2D eigenvalue weighted by Gasteiger charge is 2.26. The molecule has 2 amide bonds. The van der Waals surface area contributed by atoms with Crippen molar-refractivity contribution in [2.45, 2.75) is 38.3 Å². The second-order valence-electron chi connectivity index (χ2n) is 6.64. The fourth-order valence-electron chi connectivity index (χ4n) is 3.42. The minimum Gasteiger partial charge on any atom is -0.480 e. The quantitative estimate of drug-likeness (QED) is 0.917. The van der Waals surface area contributed by atoms with Crippen LogP contribution in [-0.2, 0) is 22.6 Å². The number of hydrogen-bond acceptors (Lipinski definition) is 4. The minimum absolute atomic E-state index is 0.105. The summed E-state index contributed by atoms with van der Waals surface area (Å²) >= 11 is 0. The number of aryl methyl sites for hydroxylation is 1. The summed E-state index contributed by atoms with van der Waals surface area (Å²) in [6.45, 7) is 1.09. The first-order chi connectivity index (χ1) is 12.7. The van der Waals surface area contributed by atoms with Crippen molar-refractivity contribution in [1.82, 2.24) is 10.3 Å². The van der Waals surface area contributed by atoms with Crippen LogP contribution in [0.25, 0.3) is 0 Å². The highest BCUT2D eigenvalue weighted by atomic mass is 16.5. The van der Waals surface area contributed by atoms with E-state index in [0.717, 1.165) is 29.7 Å². The Kier molecular flexibility index (Phi) is 4.56. The van der Waals surface area contributed by atoms with Gasteiger partial charge in [-0.15, -0.1) is 0 Å². The topological polar surface area (TPSA) is 71.5 Å². The van der Waals surface area contributed by atoms with Crippen LogP contribution in [0, 0.1) is 0 Å². The summed E-state index contributed by atoms with van der Waals surface area (Å²) in [6.07, 6.45) is 4.16. The average molecular weight is 351 g/mol. The Bertz CT molecular complexity index is 837. The first-order valence-electron chi connectivity index (χ1n) is 8.98. The first kappa shape index (κ1) is 16.6. The van der Waals surface area contributed by atoms with Crippen molar-refractivity contribution in [2.24, 2.45) is 0 Å². The predicted octanol–water partition coefficient (Wildman–Crippen LogP) is 2.22. The van der Waals surface area contributed by atoms with Crippen molar-refractivity contribution in [3.05, 3.63) is 53.7 Å². The van der Waals surface area contributed by atoms with E-state index in [0.29, 0.717) is 31.7 Å². The molecule has 0 spiro atoms. The maximum atomic E-state index is 12.5. The lowest BCUT2D eigenvalue weighted by Crippen LogP contribution is -2.40. The van der Waals surface area contributed by atoms with E-state index in [-0.39, 0.29) is 11.8 Å². The SMILES string of the molecule is O=C(NCc1ccnc(N2CCCC2=O)c1)[C@@H]1CCc2ccccc2O1. The molecule has 2 aliphatic rings. The normalized spacial score (nSPS) is 19.0. The van der Waals surface area contributed by atoms with E-state index >= 15 is 0 Å². The Morgan fingerprint density at radius 1 is 1.27 bits per heavy atom. The molecule has 6 heteroatoms. The van der Waals surface area contributed by atoms with E-state index in [4.69, 9.17) is 4.74 Å². The van der Waals surface area contributed by atoms with Crippen LogP contribution in [0.15, 0.2) is 42.6 Å². The molecule has 0 saturated carbocycles. The molecule has 2 aromatic rings. The van der Waals surface area contributed by atoms with Crippen LogP contribution in [0.3, 0.4) is 0 Å². The molecule has 1 fully saturated rings. The van der Waals surface area contributed by atoms with Gasteiger partial charge in [-0.25, -0.2) is 4.98 Å². The molecule has 3 heterocycles. The van der Waals surface area contributed by atoms with Crippen molar-refractivity contribution >= 4 is 17.6 Å². The van der Waals surface area contributed by atoms with Gasteiger partial charge >= 0.3 is 0 Å². The molecule has 1 aromatic carbocycles. The van der Waals surface area contributed by atoms with Crippen LogP contribution in [0.5, 0.6) is 5.75 Å². The number of rotatable bonds is 4. The summed E-state index contributed by atoms with van der Waals surface area (Å²) in [7, 11) is 0. The van der Waals surface area contributed by atoms with Crippen LogP contribution >= 0.6 is 0 Å². The van der Waals surface area contributed by atoms with Gasteiger partial charge in [0, 0.05) is 25.7 Å². The highest BCUT2D eigenvalue weighted by molar-refractivity contribution is 5.94. The number of ether oxygens (including phenoxy) is 1. The second-order valence-corrected chi connectivity index (χ2v) is 6.64. The van der Waals surface area contributed by atoms with Gasteiger partial charge in [0.2, 0.25) is 5.91 Å². The smallest absolute Gasteiger partial charge is 0.261 e. The van der Waals surface area contributed by atoms with Crippen LogP contribution in [-0.4, -0.2) is 29.4 Å². The predicted molar refractivity (Wildman–Crippen MR) is 96.8 cm³/mol. The van der Waals surface area contributed by atoms with Crippen molar-refractivity contribution in [2.75, 3.05) is 11.4 Å². The number of nitrogens with one attached hydrogen (secondary N) is 1. The van der Waals surface area contributed by atoms with Crippen LogP contribution in [0.2, 0.25) is 0 Å². The van der Waals surface area contributed by atoms with Gasteiger partial charge < -0.3 is 10.1 Å². The zero-order chi connectivity index (χ0) is 17.9. The van der Waals surface area contributed by atoms with Crippen molar-refractivity contribution < 1.29 is 14.3 Å². The Hall–Kier alpha value is -2.89. The van der Waals surface area contributed by atoms with Crippen LogP contribution < -0.4 is 15.0 Å². The largest absolute Gasteiger partial charge is 0.480 e. The van der Waals surface area contributed by atoms with Gasteiger partial charge in [-0.05, 0) is 48.6 Å². The summed E-state index contributed by atoms with van der Waals surface area (Å²) < 4.78 is 5.82. The second kappa shape index (κ2) is 7.15. The van der Waals surface area contributed by atoms with Gasteiger partial charge in [-0.2, -0.15) is 0 Å². The number of amides is 2. The van der Waals surface area contributed by atoms with E-state index in [1.807, 2.05) is 36.4 Å². The Labute approximate surface area is 152 Å². The maximum Gasteiger partial charge on any atom is 0.261 e. The standard InChI is InChI=1S/C20H21N3O3/c24-19-6-3-11-23(19)18-12-14(9-10-21-18)13-22-20(25)17-8-7-15-4-1-2-5-16(15)26-17/h1-2,4-5,9-10,12,17H,3,6-8,11,13H2,(H,22,25)/t17-/m0/s1. The zero-order valence-corrected chi connectivity index (χ0v) is 14.5. The summed E-state index contributed by atoms with van der Waals surface area (Å²) in [5, 5.41) is 2.93. The third-order valence-electron chi connectivity index (χ3n) is 4.84. The average Bonchev–Trinajstić information content (AvgIpc) is 3.12. The lowest BCUT2D eigenvalue weighted by Gasteiger charge is -2.25. The summed E-state index contributed by atoms with van der Waals surface area (Å²) in [5.41, 5.74) is 2.06.